The maximum atomic E-state index is 11.3. The van der Waals surface area contributed by atoms with Crippen molar-refractivity contribution < 1.29 is 9.53 Å². The molecular weight excluding hydrogens is 324 g/mol. The molecule has 0 atom stereocenters. The summed E-state index contributed by atoms with van der Waals surface area (Å²) in [6, 6.07) is 8.81. The van der Waals surface area contributed by atoms with Crippen LogP contribution in [0.1, 0.15) is 15.4 Å². The van der Waals surface area contributed by atoms with Crippen molar-refractivity contribution in [2.75, 3.05) is 0 Å². The zero-order valence-corrected chi connectivity index (χ0v) is 12.8. The molecule has 3 rings (SSSR count). The molecule has 0 bridgehead atoms. The fourth-order valence-corrected chi connectivity index (χ4v) is 2.70. The number of hydrogen-bond acceptors (Lipinski definition) is 5. The van der Waals surface area contributed by atoms with Crippen LogP contribution in [0.5, 0.6) is 5.75 Å². The molecule has 0 aliphatic heterocycles. The molecule has 112 valence electrons. The fraction of sp³-hybridized carbons (Fsp3) is 0.0714. The van der Waals surface area contributed by atoms with E-state index in [9.17, 15) is 4.79 Å². The Bertz CT molecular complexity index is 797. The van der Waals surface area contributed by atoms with Crippen LogP contribution in [0.4, 0.5) is 0 Å². The summed E-state index contributed by atoms with van der Waals surface area (Å²) >= 11 is 7.08. The molecule has 22 heavy (non-hydrogen) atoms. The van der Waals surface area contributed by atoms with E-state index >= 15 is 0 Å². The SMILES string of the molecule is NC(=O)c1sccc1-n1cc(COc2ccc(Cl)cc2)nn1. The second-order valence-corrected chi connectivity index (χ2v) is 5.75. The number of aromatic nitrogens is 3. The van der Waals surface area contributed by atoms with Crippen molar-refractivity contribution in [2.45, 2.75) is 6.61 Å². The molecule has 0 unspecified atom stereocenters. The Morgan fingerprint density at radius 3 is 2.82 bits per heavy atom. The van der Waals surface area contributed by atoms with Crippen LogP contribution in [-0.4, -0.2) is 20.9 Å². The highest BCUT2D eigenvalue weighted by Crippen LogP contribution is 2.20. The molecule has 0 fully saturated rings. The summed E-state index contributed by atoms with van der Waals surface area (Å²) in [7, 11) is 0. The second-order valence-electron chi connectivity index (χ2n) is 4.40. The van der Waals surface area contributed by atoms with Crippen LogP contribution in [0.3, 0.4) is 0 Å². The van der Waals surface area contributed by atoms with Gasteiger partial charge in [0.15, 0.2) is 0 Å². The van der Waals surface area contributed by atoms with Gasteiger partial charge in [0.2, 0.25) is 0 Å². The van der Waals surface area contributed by atoms with Crippen LogP contribution in [0.25, 0.3) is 5.69 Å². The summed E-state index contributed by atoms with van der Waals surface area (Å²) in [5.74, 6) is 0.201. The lowest BCUT2D eigenvalue weighted by Gasteiger charge is -2.03. The van der Waals surface area contributed by atoms with E-state index in [-0.39, 0.29) is 6.61 Å². The number of amides is 1. The van der Waals surface area contributed by atoms with Crippen molar-refractivity contribution in [1.29, 1.82) is 0 Å². The lowest BCUT2D eigenvalue weighted by atomic mass is 10.3. The minimum atomic E-state index is -0.487. The molecule has 2 heterocycles. The first kappa shape index (κ1) is 14.6. The highest BCUT2D eigenvalue weighted by molar-refractivity contribution is 7.12. The topological polar surface area (TPSA) is 83.0 Å². The van der Waals surface area contributed by atoms with Gasteiger partial charge in [-0.25, -0.2) is 4.68 Å². The molecule has 6 nitrogen and oxygen atoms in total. The van der Waals surface area contributed by atoms with Crippen molar-refractivity contribution in [1.82, 2.24) is 15.0 Å². The summed E-state index contributed by atoms with van der Waals surface area (Å²) in [6.07, 6.45) is 1.70. The highest BCUT2D eigenvalue weighted by Gasteiger charge is 2.13. The third-order valence-electron chi connectivity index (χ3n) is 2.86. The van der Waals surface area contributed by atoms with Gasteiger partial charge in [-0.05, 0) is 35.7 Å². The molecule has 0 aliphatic rings. The van der Waals surface area contributed by atoms with Gasteiger partial charge in [-0.15, -0.1) is 16.4 Å². The van der Waals surface area contributed by atoms with E-state index < -0.39 is 5.91 Å². The number of carbonyl (C=O) groups is 1. The second kappa shape index (κ2) is 6.17. The zero-order valence-electron chi connectivity index (χ0n) is 11.3. The molecule has 0 saturated heterocycles. The van der Waals surface area contributed by atoms with E-state index in [1.54, 1.807) is 41.9 Å². The van der Waals surface area contributed by atoms with Crippen LogP contribution >= 0.6 is 22.9 Å². The molecular formula is C14H11ClN4O2S. The first-order valence-electron chi connectivity index (χ1n) is 6.31. The van der Waals surface area contributed by atoms with Gasteiger partial charge >= 0.3 is 0 Å². The number of rotatable bonds is 5. The predicted octanol–water partition coefficient (Wildman–Crippen LogP) is 2.66. The monoisotopic (exact) mass is 334 g/mol. The van der Waals surface area contributed by atoms with E-state index in [1.165, 1.54) is 16.0 Å². The summed E-state index contributed by atoms with van der Waals surface area (Å²) in [6.45, 7) is 0.262. The smallest absolute Gasteiger partial charge is 0.260 e. The number of nitrogens with zero attached hydrogens (tertiary/aromatic N) is 3. The molecule has 0 aliphatic carbocycles. The molecule has 1 aromatic carbocycles. The molecule has 2 aromatic heterocycles. The Balaban J connectivity index is 1.72. The number of hydrogen-bond donors (Lipinski definition) is 1. The first-order valence-corrected chi connectivity index (χ1v) is 7.56. The number of carbonyl (C=O) groups excluding carboxylic acids is 1. The van der Waals surface area contributed by atoms with Crippen LogP contribution < -0.4 is 10.5 Å². The lowest BCUT2D eigenvalue weighted by Crippen LogP contribution is -2.12. The first-order chi connectivity index (χ1) is 10.6. The Labute approximate surface area is 135 Å². The van der Waals surface area contributed by atoms with Gasteiger partial charge in [0.05, 0.1) is 11.9 Å². The average molecular weight is 335 g/mol. The largest absolute Gasteiger partial charge is 0.487 e. The highest BCUT2D eigenvalue weighted by atomic mass is 35.5. The molecule has 0 radical (unpaired) electrons. The van der Waals surface area contributed by atoms with Crippen LogP contribution in [-0.2, 0) is 6.61 Å². The lowest BCUT2D eigenvalue weighted by molar-refractivity contribution is 0.100. The number of nitrogens with two attached hydrogens (primary N) is 1. The molecule has 1 amide bonds. The van der Waals surface area contributed by atoms with Gasteiger partial charge in [0.1, 0.15) is 22.9 Å². The van der Waals surface area contributed by atoms with Gasteiger partial charge in [0.25, 0.3) is 5.91 Å². The van der Waals surface area contributed by atoms with Crippen molar-refractivity contribution in [2.24, 2.45) is 5.73 Å². The van der Waals surface area contributed by atoms with Gasteiger partial charge in [-0.3, -0.25) is 4.79 Å². The fourth-order valence-electron chi connectivity index (χ4n) is 1.84. The minimum absolute atomic E-state index is 0.262. The Morgan fingerprint density at radius 2 is 2.09 bits per heavy atom. The van der Waals surface area contributed by atoms with E-state index in [4.69, 9.17) is 22.1 Å². The predicted molar refractivity (Wildman–Crippen MR) is 83.5 cm³/mol. The van der Waals surface area contributed by atoms with Crippen molar-refractivity contribution >= 4 is 28.8 Å². The van der Waals surface area contributed by atoms with E-state index in [2.05, 4.69) is 10.3 Å². The van der Waals surface area contributed by atoms with Crippen LogP contribution in [0.2, 0.25) is 5.02 Å². The maximum absolute atomic E-state index is 11.3. The third-order valence-corrected chi connectivity index (χ3v) is 4.03. The number of halogens is 1. The molecule has 0 spiro atoms. The number of primary amides is 1. The Kier molecular flexibility index (Phi) is 4.08. The van der Waals surface area contributed by atoms with E-state index in [1.807, 2.05) is 0 Å². The summed E-state index contributed by atoms with van der Waals surface area (Å²) in [4.78, 5) is 11.8. The Hall–Kier alpha value is -2.38. The molecule has 0 saturated carbocycles. The van der Waals surface area contributed by atoms with E-state index in [0.29, 0.717) is 27.0 Å². The van der Waals surface area contributed by atoms with Crippen molar-refractivity contribution in [3.63, 3.8) is 0 Å². The number of benzene rings is 1. The normalized spacial score (nSPS) is 10.6. The Morgan fingerprint density at radius 1 is 1.32 bits per heavy atom. The molecule has 8 heteroatoms. The number of ether oxygens (including phenoxy) is 1. The van der Waals surface area contributed by atoms with E-state index in [0.717, 1.165) is 0 Å². The van der Waals surface area contributed by atoms with Crippen LogP contribution in [0.15, 0.2) is 41.9 Å². The average Bonchev–Trinajstić information content (AvgIpc) is 3.15. The summed E-state index contributed by atoms with van der Waals surface area (Å²) in [5, 5.41) is 10.4. The number of thiophene rings is 1. The van der Waals surface area contributed by atoms with Gasteiger partial charge in [-0.2, -0.15) is 0 Å². The quantitative estimate of drug-likeness (QED) is 0.777. The van der Waals surface area contributed by atoms with Crippen molar-refractivity contribution in [3.05, 3.63) is 57.5 Å². The maximum Gasteiger partial charge on any atom is 0.260 e. The van der Waals surface area contributed by atoms with Gasteiger partial charge in [-0.1, -0.05) is 16.8 Å². The standard InChI is InChI=1S/C14H11ClN4O2S/c15-9-1-3-11(4-2-9)21-8-10-7-19(18-17-10)12-5-6-22-13(12)14(16)20/h1-7H,8H2,(H2,16,20). The van der Waals surface area contributed by atoms with Gasteiger partial charge < -0.3 is 10.5 Å². The van der Waals surface area contributed by atoms with Gasteiger partial charge in [0, 0.05) is 5.02 Å². The van der Waals surface area contributed by atoms with Crippen LogP contribution in [0, 0.1) is 0 Å². The summed E-state index contributed by atoms with van der Waals surface area (Å²) < 4.78 is 7.10. The minimum Gasteiger partial charge on any atom is -0.487 e. The molecule has 3 aromatic rings. The summed E-state index contributed by atoms with van der Waals surface area (Å²) in [5.41, 5.74) is 6.57. The molecule has 2 N–H and O–H groups in total. The zero-order chi connectivity index (χ0) is 15.5. The van der Waals surface area contributed by atoms with Crippen molar-refractivity contribution in [3.8, 4) is 11.4 Å². The third kappa shape index (κ3) is 3.10.